The summed E-state index contributed by atoms with van der Waals surface area (Å²) in [6, 6.07) is 13.0. The van der Waals surface area contributed by atoms with Crippen molar-refractivity contribution in [3.05, 3.63) is 102 Å². The number of non-ortho nitro benzene ring substituents is 1. The number of benzene rings is 3. The van der Waals surface area contributed by atoms with Crippen LogP contribution in [0, 0.1) is 20.2 Å². The van der Waals surface area contributed by atoms with Gasteiger partial charge in [0.05, 0.1) is 27.3 Å². The zero-order valence-corrected chi connectivity index (χ0v) is 19.1. The third-order valence-electron chi connectivity index (χ3n) is 4.37. The summed E-state index contributed by atoms with van der Waals surface area (Å²) in [5.74, 6) is -1.36. The first-order valence-corrected chi connectivity index (χ1v) is 10.3. The predicted molar refractivity (Wildman–Crippen MR) is 123 cm³/mol. The number of nitro benzene ring substituents is 1. The number of hydrazine groups is 1. The molecule has 0 aliphatic carbocycles. The number of hydrogen-bond donors (Lipinski definition) is 1. The number of hydrogen-bond acceptors (Lipinski definition) is 7. The van der Waals surface area contributed by atoms with Crippen LogP contribution < -0.4 is 9.90 Å². The van der Waals surface area contributed by atoms with Crippen molar-refractivity contribution in [2.45, 2.75) is 6.54 Å². The SMILES string of the molecule is O=C(c1cc(Cl)ccc1O)N(Oc1ccccc1CN(Cl)[N+](=O)[O-])c1ccc([N+](=O)[O-])cc1Cl. The quantitative estimate of drug-likeness (QED) is 0.233. The zero-order chi connectivity index (χ0) is 25.0. The number of aromatic hydroxyl groups is 1. The first-order chi connectivity index (χ1) is 16.1. The van der Waals surface area contributed by atoms with Gasteiger partial charge in [0.15, 0.2) is 10.8 Å². The maximum atomic E-state index is 13.4. The highest BCUT2D eigenvalue weighted by atomic mass is 35.5. The second-order valence-corrected chi connectivity index (χ2v) is 7.82. The van der Waals surface area contributed by atoms with Gasteiger partial charge in [0.1, 0.15) is 18.0 Å². The van der Waals surface area contributed by atoms with E-state index in [2.05, 4.69) is 0 Å². The number of nitro groups is 2. The second-order valence-electron chi connectivity index (χ2n) is 6.59. The molecule has 1 amide bonds. The van der Waals surface area contributed by atoms with Gasteiger partial charge in [-0.1, -0.05) is 41.4 Å². The topological polar surface area (TPSA) is 139 Å². The average Bonchev–Trinajstić information content (AvgIpc) is 2.79. The number of phenols is 1. The van der Waals surface area contributed by atoms with Crippen LogP contribution in [-0.2, 0) is 6.54 Å². The fraction of sp³-hybridized carbons (Fsp3) is 0.0500. The molecule has 0 saturated heterocycles. The molecule has 1 N–H and O–H groups in total. The number of hydroxylamine groups is 1. The molecule has 3 aromatic rings. The standard InChI is InChI=1S/C20H13Cl3N4O7/c21-13-5-8-18(28)15(9-13)20(29)25(17-7-6-14(26(30)31)10-16(17)22)34-19-4-2-1-3-12(19)11-24(23)27(32)33/h1-10,28H,11H2. The van der Waals surface area contributed by atoms with Crippen LogP contribution >= 0.6 is 35.0 Å². The van der Waals surface area contributed by atoms with Gasteiger partial charge in [-0.05, 0) is 34.9 Å². The van der Waals surface area contributed by atoms with Crippen molar-refractivity contribution in [1.82, 2.24) is 4.53 Å². The largest absolute Gasteiger partial charge is 0.507 e. The Kier molecular flexibility index (Phi) is 7.61. The molecule has 0 aliphatic heterocycles. The van der Waals surface area contributed by atoms with Crippen LogP contribution in [0.4, 0.5) is 11.4 Å². The highest BCUT2D eigenvalue weighted by molar-refractivity contribution is 6.34. The molecule has 176 valence electrons. The lowest BCUT2D eigenvalue weighted by Crippen LogP contribution is -2.35. The number of rotatable bonds is 8. The van der Waals surface area contributed by atoms with E-state index in [9.17, 15) is 30.1 Å². The van der Waals surface area contributed by atoms with E-state index < -0.39 is 28.2 Å². The summed E-state index contributed by atoms with van der Waals surface area (Å²) >= 11 is 17.8. The number of phenolic OH excluding ortho intramolecular Hbond substituents is 1. The monoisotopic (exact) mass is 526 g/mol. The Bertz CT molecular complexity index is 1270. The third kappa shape index (κ3) is 5.57. The van der Waals surface area contributed by atoms with Crippen LogP contribution in [0.5, 0.6) is 11.5 Å². The number of carbonyl (C=O) groups is 1. The number of halogens is 3. The molecule has 0 saturated carbocycles. The molecule has 0 atom stereocenters. The van der Waals surface area contributed by atoms with Gasteiger partial charge >= 0.3 is 0 Å². The maximum absolute atomic E-state index is 13.4. The first-order valence-electron chi connectivity index (χ1n) is 9.19. The van der Waals surface area contributed by atoms with Crippen LogP contribution in [0.1, 0.15) is 15.9 Å². The second kappa shape index (κ2) is 10.4. The molecule has 3 rings (SSSR count). The molecule has 14 heteroatoms. The van der Waals surface area contributed by atoms with Crippen molar-refractivity contribution in [2.75, 3.05) is 5.06 Å². The summed E-state index contributed by atoms with van der Waals surface area (Å²) in [6.07, 6.45) is 0. The molecule has 0 bridgehead atoms. The van der Waals surface area contributed by atoms with E-state index in [1.54, 1.807) is 12.1 Å². The zero-order valence-electron chi connectivity index (χ0n) is 16.8. The van der Waals surface area contributed by atoms with Gasteiger partial charge < -0.3 is 9.94 Å². The lowest BCUT2D eigenvalue weighted by Gasteiger charge is -2.25. The average molecular weight is 528 g/mol. The molecular weight excluding hydrogens is 515 g/mol. The minimum absolute atomic E-state index is 0.0145. The molecule has 0 unspecified atom stereocenters. The molecule has 3 aromatic carbocycles. The number of nitrogens with zero attached hydrogens (tertiary/aromatic N) is 4. The van der Waals surface area contributed by atoms with E-state index >= 15 is 0 Å². The number of para-hydroxylation sites is 1. The molecule has 0 aromatic heterocycles. The Morgan fingerprint density at radius 3 is 2.38 bits per heavy atom. The fourth-order valence-corrected chi connectivity index (χ4v) is 3.34. The van der Waals surface area contributed by atoms with E-state index in [0.717, 1.165) is 12.1 Å². The summed E-state index contributed by atoms with van der Waals surface area (Å²) in [7, 11) is 0. The van der Waals surface area contributed by atoms with Crippen molar-refractivity contribution in [2.24, 2.45) is 0 Å². The summed E-state index contributed by atoms with van der Waals surface area (Å²) in [6.45, 7) is -0.400. The van der Waals surface area contributed by atoms with Crippen molar-refractivity contribution < 1.29 is 24.7 Å². The molecule has 0 fully saturated rings. The summed E-state index contributed by atoms with van der Waals surface area (Å²) in [5, 5.41) is 32.0. The lowest BCUT2D eigenvalue weighted by atomic mass is 10.1. The molecule has 0 radical (unpaired) electrons. The Balaban J connectivity index is 2.10. The van der Waals surface area contributed by atoms with Crippen LogP contribution in [0.25, 0.3) is 0 Å². The summed E-state index contributed by atoms with van der Waals surface area (Å²) in [5.41, 5.74) is -0.483. The Morgan fingerprint density at radius 1 is 1.03 bits per heavy atom. The molecule has 0 heterocycles. The highest BCUT2D eigenvalue weighted by Crippen LogP contribution is 2.34. The molecular formula is C20H13Cl3N4O7. The van der Waals surface area contributed by atoms with Gasteiger partial charge in [0, 0.05) is 22.7 Å². The van der Waals surface area contributed by atoms with Crippen molar-refractivity contribution >= 4 is 52.3 Å². The van der Waals surface area contributed by atoms with Gasteiger partial charge in [-0.2, -0.15) is 0 Å². The van der Waals surface area contributed by atoms with Crippen molar-refractivity contribution in [3.63, 3.8) is 0 Å². The predicted octanol–water partition coefficient (Wildman–Crippen LogP) is 5.40. The maximum Gasteiger partial charge on any atom is 0.295 e. The van der Waals surface area contributed by atoms with Gasteiger partial charge in [-0.15, -0.1) is 5.06 Å². The van der Waals surface area contributed by atoms with E-state index in [4.69, 9.17) is 39.8 Å². The number of anilines is 1. The van der Waals surface area contributed by atoms with Gasteiger partial charge in [-0.25, -0.2) is 10.1 Å². The Hall–Kier alpha value is -3.80. The Labute approximate surface area is 206 Å². The van der Waals surface area contributed by atoms with Crippen molar-refractivity contribution in [3.8, 4) is 11.5 Å². The minimum Gasteiger partial charge on any atom is -0.507 e. The van der Waals surface area contributed by atoms with E-state index in [-0.39, 0.29) is 42.8 Å². The van der Waals surface area contributed by atoms with E-state index in [1.807, 2.05) is 0 Å². The Morgan fingerprint density at radius 2 is 1.74 bits per heavy atom. The smallest absolute Gasteiger partial charge is 0.295 e. The third-order valence-corrected chi connectivity index (χ3v) is 5.16. The summed E-state index contributed by atoms with van der Waals surface area (Å²) in [4.78, 5) is 40.5. The van der Waals surface area contributed by atoms with E-state index in [1.165, 1.54) is 36.4 Å². The van der Waals surface area contributed by atoms with Crippen LogP contribution in [0.3, 0.4) is 0 Å². The minimum atomic E-state index is -0.928. The fourth-order valence-electron chi connectivity index (χ4n) is 2.78. The van der Waals surface area contributed by atoms with Crippen LogP contribution in [0.15, 0.2) is 60.7 Å². The number of amides is 1. The first kappa shape index (κ1) is 24.8. The molecule has 0 aliphatic rings. The molecule has 0 spiro atoms. The summed E-state index contributed by atoms with van der Waals surface area (Å²) < 4.78 is 0.288. The van der Waals surface area contributed by atoms with Gasteiger partial charge in [-0.3, -0.25) is 14.9 Å². The number of carbonyl (C=O) groups excluding carboxylic acids is 1. The van der Waals surface area contributed by atoms with Crippen LogP contribution in [-0.4, -0.2) is 25.5 Å². The van der Waals surface area contributed by atoms with Crippen LogP contribution in [0.2, 0.25) is 10.0 Å². The normalized spacial score (nSPS) is 10.4. The van der Waals surface area contributed by atoms with Crippen molar-refractivity contribution in [1.29, 1.82) is 0 Å². The molecule has 34 heavy (non-hydrogen) atoms. The van der Waals surface area contributed by atoms with E-state index in [0.29, 0.717) is 5.06 Å². The van der Waals surface area contributed by atoms with Gasteiger partial charge in [0.2, 0.25) is 0 Å². The highest BCUT2D eigenvalue weighted by Gasteiger charge is 2.28. The lowest BCUT2D eigenvalue weighted by molar-refractivity contribution is -0.625. The molecule has 11 nitrogen and oxygen atoms in total. The van der Waals surface area contributed by atoms with Gasteiger partial charge in [0.25, 0.3) is 11.6 Å².